The monoisotopic (exact) mass is 750 g/mol. The highest BCUT2D eigenvalue weighted by molar-refractivity contribution is 5.59. The van der Waals surface area contributed by atoms with Crippen LogP contribution in [0.1, 0.15) is 108 Å². The molecule has 7 nitrogen and oxygen atoms in total. The summed E-state index contributed by atoms with van der Waals surface area (Å²) in [5.74, 6) is 4.43. The van der Waals surface area contributed by atoms with Crippen molar-refractivity contribution < 1.29 is 33.9 Å². The number of hydrogen-bond donors (Lipinski definition) is 2. The molecule has 0 saturated carbocycles. The molecule has 0 saturated heterocycles. The molecule has 0 aromatic heterocycles. The van der Waals surface area contributed by atoms with Gasteiger partial charge in [-0.25, -0.2) is 0 Å². The van der Waals surface area contributed by atoms with Gasteiger partial charge in [0.1, 0.15) is 45.7 Å². The Bertz CT molecular complexity index is 1810. The first-order chi connectivity index (χ1) is 26.3. The molecule has 0 fully saturated rings. The number of aromatic hydroxyl groups is 2. The minimum atomic E-state index is -0.293. The van der Waals surface area contributed by atoms with Crippen LogP contribution in [0.4, 0.5) is 0 Å². The SMILES string of the molecule is Cc1c(C)c2c(c(C)c1O)CCC(C)(CCOc1ccc(CCCOCCCc3ccc(OCCC4(C)CCc5c(C)c(O)c(C)c(C)c5O4)cc3)cc1)O2. The minimum Gasteiger partial charge on any atom is -0.507 e. The van der Waals surface area contributed by atoms with Crippen molar-refractivity contribution in [3.8, 4) is 34.5 Å². The molecule has 4 aromatic rings. The number of fused-ring (bicyclic) bond motifs is 2. The maximum atomic E-state index is 10.5. The summed E-state index contributed by atoms with van der Waals surface area (Å²) in [6.07, 6.45) is 9.11. The third kappa shape index (κ3) is 9.37. The highest BCUT2D eigenvalue weighted by atomic mass is 16.5. The lowest BCUT2D eigenvalue weighted by atomic mass is 9.86. The van der Waals surface area contributed by atoms with Crippen LogP contribution in [-0.4, -0.2) is 47.8 Å². The van der Waals surface area contributed by atoms with E-state index in [-0.39, 0.29) is 11.2 Å². The molecule has 6 rings (SSSR count). The number of benzene rings is 4. The molecular formula is C48H62O7. The molecule has 2 unspecified atom stereocenters. The van der Waals surface area contributed by atoms with Crippen LogP contribution in [0.2, 0.25) is 0 Å². The molecule has 55 heavy (non-hydrogen) atoms. The fraction of sp³-hybridized carbons (Fsp3) is 0.500. The number of phenols is 2. The Balaban J connectivity index is 0.828. The largest absolute Gasteiger partial charge is 0.507 e. The lowest BCUT2D eigenvalue weighted by molar-refractivity contribution is 0.0408. The summed E-state index contributed by atoms with van der Waals surface area (Å²) in [5, 5.41) is 21.0. The highest BCUT2D eigenvalue weighted by Crippen LogP contribution is 2.45. The Morgan fingerprint density at radius 2 is 0.909 bits per heavy atom. The zero-order chi connectivity index (χ0) is 39.3. The number of phenolic OH excluding ortho intramolecular Hbond substituents is 2. The van der Waals surface area contributed by atoms with Crippen LogP contribution in [0.25, 0.3) is 0 Å². The fourth-order valence-corrected chi connectivity index (χ4v) is 8.07. The molecule has 2 aliphatic rings. The van der Waals surface area contributed by atoms with E-state index in [4.69, 9.17) is 23.7 Å². The summed E-state index contributed by atoms with van der Waals surface area (Å²) < 4.78 is 31.3. The molecular weight excluding hydrogens is 689 g/mol. The summed E-state index contributed by atoms with van der Waals surface area (Å²) in [6, 6.07) is 16.8. The molecule has 0 bridgehead atoms. The van der Waals surface area contributed by atoms with Crippen LogP contribution in [0.5, 0.6) is 34.5 Å². The van der Waals surface area contributed by atoms with Gasteiger partial charge in [-0.3, -0.25) is 0 Å². The van der Waals surface area contributed by atoms with E-state index in [2.05, 4.69) is 62.4 Å². The smallest absolute Gasteiger partial charge is 0.127 e. The average molecular weight is 751 g/mol. The van der Waals surface area contributed by atoms with Gasteiger partial charge in [-0.1, -0.05) is 24.3 Å². The van der Waals surface area contributed by atoms with Gasteiger partial charge in [0.05, 0.1) is 13.2 Å². The number of rotatable bonds is 16. The second-order valence-corrected chi connectivity index (χ2v) is 16.5. The van der Waals surface area contributed by atoms with E-state index in [0.717, 1.165) is 145 Å². The number of hydrogen-bond acceptors (Lipinski definition) is 7. The molecule has 2 aliphatic heterocycles. The fourth-order valence-electron chi connectivity index (χ4n) is 8.07. The normalized spacial score (nSPS) is 18.9. The molecule has 7 heteroatoms. The van der Waals surface area contributed by atoms with E-state index in [1.807, 2.05) is 41.5 Å². The molecule has 2 N–H and O–H groups in total. The maximum absolute atomic E-state index is 10.5. The van der Waals surface area contributed by atoms with Gasteiger partial charge in [0.2, 0.25) is 0 Å². The molecule has 4 aromatic carbocycles. The molecule has 296 valence electrons. The Morgan fingerprint density at radius 3 is 1.29 bits per heavy atom. The van der Waals surface area contributed by atoms with Crippen molar-refractivity contribution in [1.82, 2.24) is 0 Å². The standard InChI is InChI=1S/C48H62O7/c1-31-33(3)45-41(35(5)43(31)49)21-23-47(7,54-45)25-29-52-39-17-13-37(14-18-39)11-9-27-51-28-10-12-38-15-19-40(20-16-38)53-30-26-48(8)24-22-42-36(6)44(50)32(2)34(4)46(42)55-48/h13-20,49-50H,9-12,21-30H2,1-8H3. The van der Waals surface area contributed by atoms with Crippen molar-refractivity contribution in [3.63, 3.8) is 0 Å². The summed E-state index contributed by atoms with van der Waals surface area (Å²) >= 11 is 0. The molecule has 2 atom stereocenters. The second-order valence-electron chi connectivity index (χ2n) is 16.5. The lowest BCUT2D eigenvalue weighted by Gasteiger charge is -2.38. The van der Waals surface area contributed by atoms with E-state index in [1.165, 1.54) is 11.1 Å². The first kappa shape index (κ1) is 40.3. The van der Waals surface area contributed by atoms with E-state index in [1.54, 1.807) is 0 Å². The third-order valence-corrected chi connectivity index (χ3v) is 12.3. The van der Waals surface area contributed by atoms with Crippen molar-refractivity contribution >= 4 is 0 Å². The zero-order valence-electron chi connectivity index (χ0n) is 34.5. The number of ether oxygens (including phenoxy) is 5. The van der Waals surface area contributed by atoms with Crippen molar-refractivity contribution in [2.45, 2.75) is 131 Å². The first-order valence-electron chi connectivity index (χ1n) is 20.3. The maximum Gasteiger partial charge on any atom is 0.127 e. The van der Waals surface area contributed by atoms with E-state index in [9.17, 15) is 10.2 Å². The van der Waals surface area contributed by atoms with Crippen molar-refractivity contribution in [2.24, 2.45) is 0 Å². The van der Waals surface area contributed by atoms with Gasteiger partial charge in [-0.15, -0.1) is 0 Å². The first-order valence-corrected chi connectivity index (χ1v) is 20.3. The van der Waals surface area contributed by atoms with Gasteiger partial charge in [-0.2, -0.15) is 0 Å². The van der Waals surface area contributed by atoms with Crippen molar-refractivity contribution in [3.05, 3.63) is 104 Å². The second kappa shape index (κ2) is 17.2. The minimum absolute atomic E-state index is 0.293. The topological polar surface area (TPSA) is 86.6 Å². The summed E-state index contributed by atoms with van der Waals surface area (Å²) in [7, 11) is 0. The van der Waals surface area contributed by atoms with Gasteiger partial charge in [0.15, 0.2) is 0 Å². The van der Waals surface area contributed by atoms with E-state index in [0.29, 0.717) is 24.7 Å². The average Bonchev–Trinajstić information content (AvgIpc) is 3.18. The summed E-state index contributed by atoms with van der Waals surface area (Å²) in [6.45, 7) is 19.0. The van der Waals surface area contributed by atoms with Crippen LogP contribution >= 0.6 is 0 Å². The van der Waals surface area contributed by atoms with Crippen LogP contribution in [-0.2, 0) is 30.4 Å². The zero-order valence-corrected chi connectivity index (χ0v) is 34.5. The molecule has 2 heterocycles. The highest BCUT2D eigenvalue weighted by Gasteiger charge is 2.36. The van der Waals surface area contributed by atoms with Gasteiger partial charge < -0.3 is 33.9 Å². The Hall–Kier alpha value is -4.36. The molecule has 0 spiro atoms. The van der Waals surface area contributed by atoms with Crippen molar-refractivity contribution in [2.75, 3.05) is 26.4 Å². The quantitative estimate of drug-likeness (QED) is 0.110. The predicted molar refractivity (Wildman–Crippen MR) is 220 cm³/mol. The molecule has 0 amide bonds. The van der Waals surface area contributed by atoms with Crippen LogP contribution < -0.4 is 18.9 Å². The third-order valence-electron chi connectivity index (χ3n) is 12.3. The lowest BCUT2D eigenvalue weighted by Crippen LogP contribution is -2.38. The van der Waals surface area contributed by atoms with Crippen LogP contribution in [0, 0.1) is 41.5 Å². The molecule has 0 radical (unpaired) electrons. The van der Waals surface area contributed by atoms with Crippen LogP contribution in [0.15, 0.2) is 48.5 Å². The summed E-state index contributed by atoms with van der Waals surface area (Å²) in [4.78, 5) is 0. The summed E-state index contributed by atoms with van der Waals surface area (Å²) in [5.41, 5.74) is 10.0. The van der Waals surface area contributed by atoms with Gasteiger partial charge in [0, 0.05) is 37.2 Å². The van der Waals surface area contributed by atoms with Crippen LogP contribution in [0.3, 0.4) is 0 Å². The van der Waals surface area contributed by atoms with E-state index < -0.39 is 0 Å². The van der Waals surface area contributed by atoms with Gasteiger partial charge >= 0.3 is 0 Å². The Labute approximate surface area is 329 Å². The predicted octanol–water partition coefficient (Wildman–Crippen LogP) is 10.6. The van der Waals surface area contributed by atoms with Crippen molar-refractivity contribution in [1.29, 1.82) is 0 Å². The van der Waals surface area contributed by atoms with Gasteiger partial charge in [-0.05, 0) is 176 Å². The van der Waals surface area contributed by atoms with E-state index >= 15 is 0 Å². The number of aryl methyl sites for hydroxylation is 2. The Kier molecular flexibility index (Phi) is 12.6. The van der Waals surface area contributed by atoms with Gasteiger partial charge in [0.25, 0.3) is 0 Å². The Morgan fingerprint density at radius 1 is 0.527 bits per heavy atom. The molecule has 0 aliphatic carbocycles.